The number of carbonyl (C=O) groups excluding carboxylic acids is 1. The van der Waals surface area contributed by atoms with Gasteiger partial charge in [0.2, 0.25) is 11.1 Å². The third kappa shape index (κ3) is 5.23. The number of nitrogens with one attached hydrogen (secondary N) is 2. The van der Waals surface area contributed by atoms with Crippen LogP contribution < -0.4 is 5.32 Å². The Morgan fingerprint density at radius 1 is 1.19 bits per heavy atom. The van der Waals surface area contributed by atoms with E-state index in [1.807, 2.05) is 71.9 Å². The van der Waals surface area contributed by atoms with Gasteiger partial charge in [0.15, 0.2) is 11.6 Å². The standard InChI is InChI=1S/C26H28N8O2S/c1-16-14-23(31-30-16)28-24-22-4-3-9-34(22)32-26(29-24)37-19-7-5-18(6-8-19)27-17(2)20-15-21(20)25(35)33-10-12-36-13-11-33/h3-9,14,20-21H,10-13,15H2,1-2H3,(H2,28,29,30,31,32). The molecule has 2 N–H and O–H groups in total. The molecule has 3 aromatic heterocycles. The van der Waals surface area contributed by atoms with Gasteiger partial charge in [-0.1, -0.05) is 0 Å². The van der Waals surface area contributed by atoms with Crippen molar-refractivity contribution in [3.63, 3.8) is 0 Å². The summed E-state index contributed by atoms with van der Waals surface area (Å²) in [6.07, 6.45) is 2.78. The molecule has 4 heterocycles. The highest BCUT2D eigenvalue weighted by Crippen LogP contribution is 2.42. The number of carbonyl (C=O) groups is 1. The third-order valence-electron chi connectivity index (χ3n) is 6.64. The van der Waals surface area contributed by atoms with E-state index in [2.05, 4.69) is 20.6 Å². The van der Waals surface area contributed by atoms with Gasteiger partial charge in [-0.2, -0.15) is 5.10 Å². The van der Waals surface area contributed by atoms with Crippen molar-refractivity contribution in [2.75, 3.05) is 31.6 Å². The first-order chi connectivity index (χ1) is 18.0. The van der Waals surface area contributed by atoms with Crippen molar-refractivity contribution in [1.29, 1.82) is 0 Å². The molecule has 1 saturated carbocycles. The van der Waals surface area contributed by atoms with Gasteiger partial charge in [-0.25, -0.2) is 9.50 Å². The lowest BCUT2D eigenvalue weighted by Crippen LogP contribution is -2.41. The van der Waals surface area contributed by atoms with E-state index in [1.54, 1.807) is 0 Å². The van der Waals surface area contributed by atoms with E-state index < -0.39 is 0 Å². The molecule has 1 saturated heterocycles. The fourth-order valence-corrected chi connectivity index (χ4v) is 5.33. The quantitative estimate of drug-likeness (QED) is 0.353. The lowest BCUT2D eigenvalue weighted by atomic mass is 10.2. The lowest BCUT2D eigenvalue weighted by Gasteiger charge is -2.27. The van der Waals surface area contributed by atoms with Crippen LogP contribution in [0.5, 0.6) is 0 Å². The predicted octanol–water partition coefficient (Wildman–Crippen LogP) is 4.24. The topological polar surface area (TPSA) is 113 Å². The maximum Gasteiger partial charge on any atom is 0.226 e. The number of fused-ring (bicyclic) bond motifs is 1. The zero-order chi connectivity index (χ0) is 25.4. The van der Waals surface area contributed by atoms with Crippen molar-refractivity contribution in [3.05, 3.63) is 54.4 Å². The summed E-state index contributed by atoms with van der Waals surface area (Å²) in [5.41, 5.74) is 3.73. The number of rotatable bonds is 7. The number of anilines is 2. The molecule has 10 nitrogen and oxygen atoms in total. The fourth-order valence-electron chi connectivity index (χ4n) is 4.58. The van der Waals surface area contributed by atoms with Gasteiger partial charge in [0.25, 0.3) is 0 Å². The first-order valence-electron chi connectivity index (χ1n) is 12.4. The van der Waals surface area contributed by atoms with E-state index in [4.69, 9.17) is 14.7 Å². The van der Waals surface area contributed by atoms with Crippen LogP contribution >= 0.6 is 11.8 Å². The number of morpholine rings is 1. The Morgan fingerprint density at radius 2 is 2.00 bits per heavy atom. The molecule has 0 bridgehead atoms. The summed E-state index contributed by atoms with van der Waals surface area (Å²) in [5, 5.41) is 15.7. The van der Waals surface area contributed by atoms with Gasteiger partial charge in [-0.3, -0.25) is 14.9 Å². The SMILES string of the molecule is CC(=Nc1ccc(Sc2nc(Nc3cc(C)[nH]n3)c3cccn3n2)cc1)C1CC1C(=O)N1CCOCC1. The van der Waals surface area contributed by atoms with E-state index in [0.29, 0.717) is 43.1 Å². The summed E-state index contributed by atoms with van der Waals surface area (Å²) in [6.45, 7) is 6.63. The molecule has 1 amide bonds. The third-order valence-corrected chi connectivity index (χ3v) is 7.51. The second kappa shape index (κ2) is 9.98. The molecule has 4 aromatic rings. The van der Waals surface area contributed by atoms with Crippen molar-refractivity contribution in [2.45, 2.75) is 30.3 Å². The zero-order valence-corrected chi connectivity index (χ0v) is 21.5. The monoisotopic (exact) mass is 516 g/mol. The van der Waals surface area contributed by atoms with Gasteiger partial charge in [-0.05, 0) is 68.4 Å². The number of H-pyrrole nitrogens is 1. The molecule has 37 heavy (non-hydrogen) atoms. The van der Waals surface area contributed by atoms with Gasteiger partial charge in [0.1, 0.15) is 5.52 Å². The average molecular weight is 517 g/mol. The first kappa shape index (κ1) is 23.7. The molecule has 11 heteroatoms. The molecule has 1 aromatic carbocycles. The minimum atomic E-state index is 0.0608. The molecule has 2 unspecified atom stereocenters. The summed E-state index contributed by atoms with van der Waals surface area (Å²) in [5.74, 6) is 1.93. The Morgan fingerprint density at radius 3 is 2.76 bits per heavy atom. The van der Waals surface area contributed by atoms with E-state index in [0.717, 1.165) is 33.9 Å². The molecular formula is C26H28N8O2S. The second-order valence-electron chi connectivity index (χ2n) is 9.38. The van der Waals surface area contributed by atoms with E-state index >= 15 is 0 Å². The average Bonchev–Trinajstić information content (AvgIpc) is 3.39. The van der Waals surface area contributed by atoms with Crippen LogP contribution in [0.3, 0.4) is 0 Å². The maximum atomic E-state index is 12.7. The summed E-state index contributed by atoms with van der Waals surface area (Å²) in [6, 6.07) is 13.9. The lowest BCUT2D eigenvalue weighted by molar-refractivity contribution is -0.136. The van der Waals surface area contributed by atoms with Crippen LogP contribution in [0.2, 0.25) is 0 Å². The maximum absolute atomic E-state index is 12.7. The van der Waals surface area contributed by atoms with Crippen LogP contribution in [0, 0.1) is 18.8 Å². The van der Waals surface area contributed by atoms with Gasteiger partial charge in [-0.15, -0.1) is 5.10 Å². The summed E-state index contributed by atoms with van der Waals surface area (Å²) in [7, 11) is 0. The Bertz CT molecular complexity index is 1460. The number of aromatic nitrogens is 5. The summed E-state index contributed by atoms with van der Waals surface area (Å²) >= 11 is 1.48. The molecule has 190 valence electrons. The number of amides is 1. The molecule has 6 rings (SSSR count). The molecular weight excluding hydrogens is 488 g/mol. The Kier molecular flexibility index (Phi) is 6.39. The van der Waals surface area contributed by atoms with Crippen LogP contribution in [-0.2, 0) is 9.53 Å². The molecule has 2 atom stereocenters. The number of benzene rings is 1. The van der Waals surface area contributed by atoms with Gasteiger partial charge in [0.05, 0.1) is 18.9 Å². The number of aliphatic imine (C=N–C) groups is 1. The largest absolute Gasteiger partial charge is 0.378 e. The van der Waals surface area contributed by atoms with Gasteiger partial charge < -0.3 is 15.0 Å². The number of hydrogen-bond donors (Lipinski definition) is 2. The molecule has 2 fully saturated rings. The summed E-state index contributed by atoms with van der Waals surface area (Å²) < 4.78 is 7.17. The molecule has 0 radical (unpaired) electrons. The van der Waals surface area contributed by atoms with Crippen LogP contribution in [0.15, 0.2) is 63.7 Å². The molecule has 0 spiro atoms. The molecule has 1 aliphatic heterocycles. The predicted molar refractivity (Wildman–Crippen MR) is 142 cm³/mol. The smallest absolute Gasteiger partial charge is 0.226 e. The normalized spacial score (nSPS) is 19.8. The second-order valence-corrected chi connectivity index (χ2v) is 10.4. The Hall–Kier alpha value is -3.70. The van der Waals surface area contributed by atoms with Crippen LogP contribution in [0.4, 0.5) is 17.3 Å². The first-order valence-corrected chi connectivity index (χ1v) is 13.2. The van der Waals surface area contributed by atoms with E-state index in [9.17, 15) is 4.79 Å². The van der Waals surface area contributed by atoms with Crippen molar-refractivity contribution < 1.29 is 9.53 Å². The fraction of sp³-hybridized carbons (Fsp3) is 0.346. The molecule has 2 aliphatic rings. The number of ether oxygens (including phenoxy) is 1. The number of aryl methyl sites for hydroxylation is 1. The number of aromatic amines is 1. The van der Waals surface area contributed by atoms with E-state index in [-0.39, 0.29) is 17.7 Å². The van der Waals surface area contributed by atoms with E-state index in [1.165, 1.54) is 11.8 Å². The highest BCUT2D eigenvalue weighted by molar-refractivity contribution is 7.99. The zero-order valence-electron chi connectivity index (χ0n) is 20.7. The minimum Gasteiger partial charge on any atom is -0.378 e. The highest BCUT2D eigenvalue weighted by Gasteiger charge is 2.46. The van der Waals surface area contributed by atoms with Gasteiger partial charge in [0, 0.05) is 53.5 Å². The van der Waals surface area contributed by atoms with Crippen LogP contribution in [0.25, 0.3) is 5.52 Å². The highest BCUT2D eigenvalue weighted by atomic mass is 32.2. The minimum absolute atomic E-state index is 0.0608. The van der Waals surface area contributed by atoms with Crippen molar-refractivity contribution in [2.24, 2.45) is 16.8 Å². The van der Waals surface area contributed by atoms with Gasteiger partial charge >= 0.3 is 0 Å². The van der Waals surface area contributed by atoms with Crippen molar-refractivity contribution >= 4 is 46.2 Å². The number of nitrogens with zero attached hydrogens (tertiary/aromatic N) is 6. The Labute approximate surface area is 218 Å². The molecule has 1 aliphatic carbocycles. The van der Waals surface area contributed by atoms with Crippen molar-refractivity contribution in [3.8, 4) is 0 Å². The van der Waals surface area contributed by atoms with Crippen LogP contribution in [-0.4, -0.2) is 67.6 Å². The summed E-state index contributed by atoms with van der Waals surface area (Å²) in [4.78, 5) is 25.2. The van der Waals surface area contributed by atoms with Crippen LogP contribution in [0.1, 0.15) is 19.0 Å². The Balaban J connectivity index is 1.12. The van der Waals surface area contributed by atoms with Crippen molar-refractivity contribution in [1.82, 2.24) is 29.7 Å². The number of hydrogen-bond acceptors (Lipinski definition) is 8.